The third-order valence-electron chi connectivity index (χ3n) is 3.74. The van der Waals surface area contributed by atoms with E-state index in [0.717, 1.165) is 0 Å². The zero-order valence-electron chi connectivity index (χ0n) is 13.9. The van der Waals surface area contributed by atoms with E-state index < -0.39 is 18.3 Å². The van der Waals surface area contributed by atoms with Crippen molar-refractivity contribution in [1.29, 1.82) is 0 Å². The molecule has 4 nitrogen and oxygen atoms in total. The largest absolute Gasteiger partial charge is 0.512 e. The van der Waals surface area contributed by atoms with Crippen LogP contribution in [0.5, 0.6) is 0 Å². The molecule has 0 unspecified atom stereocenters. The van der Waals surface area contributed by atoms with Crippen LogP contribution in [0.15, 0.2) is 30.5 Å². The molecule has 0 aliphatic carbocycles. The zero-order valence-corrected chi connectivity index (χ0v) is 10.9. The Hall–Kier alpha value is -1.33. The normalized spacial score (nSPS) is 24.0. The van der Waals surface area contributed by atoms with Crippen molar-refractivity contribution in [3.63, 3.8) is 0 Å². The van der Waals surface area contributed by atoms with Gasteiger partial charge in [-0.25, -0.2) is 4.98 Å². The lowest BCUT2D eigenvalue weighted by Gasteiger charge is -2.32. The SMILES string of the molecule is [2H]c1c([2H])c(B2OC(C)(C)C(C)(C)O2)n2ccnc2c1[2H]. The molecule has 0 spiro atoms. The highest BCUT2D eigenvalue weighted by Crippen LogP contribution is 2.36. The topological polar surface area (TPSA) is 35.8 Å². The molecule has 18 heavy (non-hydrogen) atoms. The van der Waals surface area contributed by atoms with E-state index in [1.54, 1.807) is 16.8 Å². The summed E-state index contributed by atoms with van der Waals surface area (Å²) in [6, 6.07) is -0.298. The Morgan fingerprint density at radius 3 is 2.56 bits per heavy atom. The van der Waals surface area contributed by atoms with Gasteiger partial charge in [-0.3, -0.25) is 0 Å². The lowest BCUT2D eigenvalue weighted by molar-refractivity contribution is 0.00578. The van der Waals surface area contributed by atoms with E-state index in [2.05, 4.69) is 4.98 Å². The minimum Gasteiger partial charge on any atom is -0.398 e. The summed E-state index contributed by atoms with van der Waals surface area (Å²) in [5, 5.41) is 0. The van der Waals surface area contributed by atoms with Gasteiger partial charge in [0.05, 0.1) is 20.9 Å². The Balaban J connectivity index is 2.21. The van der Waals surface area contributed by atoms with Crippen molar-refractivity contribution in [2.24, 2.45) is 0 Å². The number of nitrogens with zero attached hydrogens (tertiary/aromatic N) is 2. The van der Waals surface area contributed by atoms with Crippen LogP contribution in [0.2, 0.25) is 0 Å². The Labute approximate surface area is 111 Å². The molecule has 0 aromatic carbocycles. The summed E-state index contributed by atoms with van der Waals surface area (Å²) in [6.07, 6.45) is 3.20. The quantitative estimate of drug-likeness (QED) is 0.718. The Kier molecular flexibility index (Phi) is 1.74. The molecule has 0 amide bonds. The number of aromatic nitrogens is 2. The molecule has 0 saturated carbocycles. The van der Waals surface area contributed by atoms with Crippen LogP contribution in [0, 0.1) is 0 Å². The first kappa shape index (κ1) is 8.72. The number of rotatable bonds is 1. The molecular weight excluding hydrogens is 227 g/mol. The van der Waals surface area contributed by atoms with E-state index in [0.29, 0.717) is 11.2 Å². The molecular formula is C13H17BN2O2. The van der Waals surface area contributed by atoms with Gasteiger partial charge in [0.2, 0.25) is 0 Å². The molecule has 0 atom stereocenters. The first-order chi connectivity index (χ1) is 9.66. The molecule has 1 aliphatic rings. The van der Waals surface area contributed by atoms with Gasteiger partial charge in [-0.2, -0.15) is 0 Å². The van der Waals surface area contributed by atoms with E-state index in [9.17, 15) is 0 Å². The highest BCUT2D eigenvalue weighted by molar-refractivity contribution is 6.61. The van der Waals surface area contributed by atoms with Crippen molar-refractivity contribution in [3.8, 4) is 0 Å². The van der Waals surface area contributed by atoms with Gasteiger partial charge in [-0.1, -0.05) is 6.04 Å². The maximum atomic E-state index is 8.16. The van der Waals surface area contributed by atoms with Gasteiger partial charge in [0.1, 0.15) is 5.65 Å². The number of imidazole rings is 1. The fourth-order valence-electron chi connectivity index (χ4n) is 1.93. The van der Waals surface area contributed by atoms with Crippen LogP contribution < -0.4 is 5.59 Å². The number of hydrogen-bond acceptors (Lipinski definition) is 3. The predicted octanol–water partition coefficient (Wildman–Crippen LogP) is 1.63. The Morgan fingerprint density at radius 1 is 1.22 bits per heavy atom. The first-order valence-electron chi connectivity index (χ1n) is 7.44. The molecule has 1 aliphatic heterocycles. The summed E-state index contributed by atoms with van der Waals surface area (Å²) < 4.78 is 37.5. The summed E-state index contributed by atoms with van der Waals surface area (Å²) in [4.78, 5) is 4.09. The van der Waals surface area contributed by atoms with E-state index in [-0.39, 0.29) is 18.1 Å². The molecule has 0 N–H and O–H groups in total. The second kappa shape index (κ2) is 3.59. The molecule has 1 fully saturated rings. The van der Waals surface area contributed by atoms with Crippen molar-refractivity contribution in [2.75, 3.05) is 0 Å². The first-order valence-corrected chi connectivity index (χ1v) is 5.94. The number of fused-ring (bicyclic) bond motifs is 1. The van der Waals surface area contributed by atoms with Crippen LogP contribution in [0.4, 0.5) is 0 Å². The van der Waals surface area contributed by atoms with Crippen molar-refractivity contribution in [1.82, 2.24) is 9.38 Å². The second-order valence-corrected chi connectivity index (χ2v) is 5.47. The van der Waals surface area contributed by atoms with Gasteiger partial charge in [-0.05, 0) is 39.8 Å². The summed E-state index contributed by atoms with van der Waals surface area (Å²) in [7, 11) is -0.760. The molecule has 0 bridgehead atoms. The van der Waals surface area contributed by atoms with Gasteiger partial charge in [0.15, 0.2) is 0 Å². The van der Waals surface area contributed by atoms with Gasteiger partial charge in [0, 0.05) is 12.4 Å². The molecule has 2 aromatic rings. The zero-order chi connectivity index (χ0) is 15.6. The maximum absolute atomic E-state index is 8.16. The highest BCUT2D eigenvalue weighted by atomic mass is 16.7. The van der Waals surface area contributed by atoms with Crippen LogP contribution in [0.1, 0.15) is 31.8 Å². The standard InChI is InChI=1S/C13H17BN2O2/c1-12(2)13(3,4)18-14(17-12)10-6-5-7-11-15-8-9-16(10)11/h5-9H,1-4H3/i5D,6D,7D. The van der Waals surface area contributed by atoms with Crippen molar-refractivity contribution in [3.05, 3.63) is 30.5 Å². The molecule has 94 valence electrons. The number of hydrogen-bond donors (Lipinski definition) is 0. The van der Waals surface area contributed by atoms with Crippen LogP contribution in [0.3, 0.4) is 0 Å². The molecule has 1 saturated heterocycles. The van der Waals surface area contributed by atoms with Crippen molar-refractivity contribution < 1.29 is 13.4 Å². The molecule has 2 aromatic heterocycles. The van der Waals surface area contributed by atoms with Gasteiger partial charge >= 0.3 is 7.12 Å². The monoisotopic (exact) mass is 247 g/mol. The second-order valence-electron chi connectivity index (χ2n) is 5.47. The fraction of sp³-hybridized carbons (Fsp3) is 0.462. The molecule has 0 radical (unpaired) electrons. The average molecular weight is 247 g/mol. The molecule has 3 heterocycles. The van der Waals surface area contributed by atoms with Gasteiger partial charge in [-0.15, -0.1) is 0 Å². The van der Waals surface area contributed by atoms with E-state index >= 15 is 0 Å². The van der Waals surface area contributed by atoms with Crippen LogP contribution in [0.25, 0.3) is 5.65 Å². The van der Waals surface area contributed by atoms with E-state index in [1.165, 1.54) is 0 Å². The van der Waals surface area contributed by atoms with E-state index in [1.807, 2.05) is 27.7 Å². The van der Waals surface area contributed by atoms with E-state index in [4.69, 9.17) is 13.4 Å². The van der Waals surface area contributed by atoms with Crippen molar-refractivity contribution in [2.45, 2.75) is 38.9 Å². The minimum atomic E-state index is -0.760. The fourth-order valence-corrected chi connectivity index (χ4v) is 1.93. The molecule has 5 heteroatoms. The summed E-state index contributed by atoms with van der Waals surface area (Å²) >= 11 is 0. The lowest BCUT2D eigenvalue weighted by Crippen LogP contribution is -2.41. The van der Waals surface area contributed by atoms with Crippen LogP contribution in [-0.2, 0) is 9.31 Å². The van der Waals surface area contributed by atoms with Crippen LogP contribution >= 0.6 is 0 Å². The average Bonchev–Trinajstić information content (AvgIpc) is 2.91. The maximum Gasteiger partial charge on any atom is 0.512 e. The summed E-state index contributed by atoms with van der Waals surface area (Å²) in [6.45, 7) is 7.73. The summed E-state index contributed by atoms with van der Waals surface area (Å²) in [5.41, 5.74) is -0.319. The third-order valence-corrected chi connectivity index (χ3v) is 3.74. The third kappa shape index (κ3) is 1.58. The summed E-state index contributed by atoms with van der Waals surface area (Å²) in [5.74, 6) is 0. The number of pyridine rings is 1. The van der Waals surface area contributed by atoms with Gasteiger partial charge < -0.3 is 13.7 Å². The van der Waals surface area contributed by atoms with Crippen LogP contribution in [-0.4, -0.2) is 27.7 Å². The lowest BCUT2D eigenvalue weighted by atomic mass is 9.84. The highest BCUT2D eigenvalue weighted by Gasteiger charge is 2.52. The smallest absolute Gasteiger partial charge is 0.398 e. The van der Waals surface area contributed by atoms with Gasteiger partial charge in [0.25, 0.3) is 0 Å². The minimum absolute atomic E-state index is 0.0646. The Bertz CT molecular complexity index is 714. The Morgan fingerprint density at radius 2 is 1.89 bits per heavy atom. The molecule has 3 rings (SSSR count). The van der Waals surface area contributed by atoms with Crippen molar-refractivity contribution >= 4 is 18.4 Å². The predicted molar refractivity (Wildman–Crippen MR) is 70.9 cm³/mol.